The summed E-state index contributed by atoms with van der Waals surface area (Å²) in [5, 5.41) is 1.37. The van der Waals surface area contributed by atoms with Crippen LogP contribution < -0.4 is 9.47 Å². The van der Waals surface area contributed by atoms with Gasteiger partial charge in [-0.2, -0.15) is 0 Å². The number of Topliss-reactive ketones (excluding diaryl/α,β-unsaturated/α-hetero) is 1. The number of rotatable bonds is 2. The first-order valence-electron chi connectivity index (χ1n) is 5.96. The highest BCUT2D eigenvalue weighted by molar-refractivity contribution is 6.40. The summed E-state index contributed by atoms with van der Waals surface area (Å²) in [5.41, 5.74) is 2.69. The van der Waals surface area contributed by atoms with Crippen LogP contribution in [0.1, 0.15) is 26.9 Å². The van der Waals surface area contributed by atoms with Crippen molar-refractivity contribution in [2.75, 3.05) is 14.2 Å². The largest absolute Gasteiger partial charge is 0.493 e. The first-order valence-corrected chi connectivity index (χ1v) is 6.39. The molecule has 0 bridgehead atoms. The second kappa shape index (κ2) is 4.14. The SMILES string of the molecule is COc1cc2c(C)cc3c(c2cc1OC)C(=O)C3Cl. The Morgan fingerprint density at radius 1 is 1.05 bits per heavy atom. The van der Waals surface area contributed by atoms with E-state index in [9.17, 15) is 4.79 Å². The summed E-state index contributed by atoms with van der Waals surface area (Å²) >= 11 is 6.03. The van der Waals surface area contributed by atoms with E-state index in [0.717, 1.165) is 21.9 Å². The Kier molecular flexibility index (Phi) is 2.68. The number of hydrogen-bond acceptors (Lipinski definition) is 3. The molecule has 1 aliphatic carbocycles. The maximum absolute atomic E-state index is 11.9. The maximum Gasteiger partial charge on any atom is 0.186 e. The molecule has 0 aromatic heterocycles. The van der Waals surface area contributed by atoms with Gasteiger partial charge in [-0.3, -0.25) is 4.79 Å². The van der Waals surface area contributed by atoms with Gasteiger partial charge >= 0.3 is 0 Å². The zero-order valence-electron chi connectivity index (χ0n) is 10.9. The van der Waals surface area contributed by atoms with Gasteiger partial charge in [-0.15, -0.1) is 11.6 Å². The van der Waals surface area contributed by atoms with Crippen molar-refractivity contribution in [2.45, 2.75) is 12.3 Å². The summed E-state index contributed by atoms with van der Waals surface area (Å²) in [4.78, 5) is 11.9. The predicted molar refractivity (Wildman–Crippen MR) is 74.7 cm³/mol. The van der Waals surface area contributed by atoms with Crippen molar-refractivity contribution < 1.29 is 14.3 Å². The highest BCUT2D eigenvalue weighted by atomic mass is 35.5. The van der Waals surface area contributed by atoms with Gasteiger partial charge in [-0.1, -0.05) is 6.07 Å². The Morgan fingerprint density at radius 3 is 2.21 bits per heavy atom. The van der Waals surface area contributed by atoms with Crippen LogP contribution in [0.5, 0.6) is 11.5 Å². The Balaban J connectivity index is 2.39. The molecule has 3 rings (SSSR count). The summed E-state index contributed by atoms with van der Waals surface area (Å²) in [6, 6.07) is 5.72. The molecule has 0 radical (unpaired) electrons. The fraction of sp³-hybridized carbons (Fsp3) is 0.267. The molecule has 2 aromatic rings. The molecule has 0 N–H and O–H groups in total. The zero-order valence-corrected chi connectivity index (χ0v) is 11.7. The van der Waals surface area contributed by atoms with E-state index in [2.05, 4.69) is 0 Å². The van der Waals surface area contributed by atoms with Crippen LogP contribution in [0.2, 0.25) is 0 Å². The zero-order chi connectivity index (χ0) is 13.7. The number of hydrogen-bond donors (Lipinski definition) is 0. The van der Waals surface area contributed by atoms with Crippen molar-refractivity contribution in [3.05, 3.63) is 34.9 Å². The molecule has 1 atom stereocenters. The van der Waals surface area contributed by atoms with E-state index in [1.807, 2.05) is 25.1 Å². The van der Waals surface area contributed by atoms with Crippen molar-refractivity contribution in [1.82, 2.24) is 0 Å². The van der Waals surface area contributed by atoms with Crippen LogP contribution in [0.25, 0.3) is 10.8 Å². The number of methoxy groups -OCH3 is 2. The van der Waals surface area contributed by atoms with Crippen LogP contribution in [-0.4, -0.2) is 20.0 Å². The number of halogens is 1. The minimum Gasteiger partial charge on any atom is -0.493 e. The number of aryl methyl sites for hydroxylation is 1. The van der Waals surface area contributed by atoms with Crippen LogP contribution >= 0.6 is 11.6 Å². The van der Waals surface area contributed by atoms with Gasteiger partial charge in [-0.05, 0) is 41.0 Å². The molecule has 0 aliphatic heterocycles. The van der Waals surface area contributed by atoms with Gasteiger partial charge in [0, 0.05) is 5.56 Å². The molecule has 0 saturated carbocycles. The lowest BCUT2D eigenvalue weighted by atomic mass is 9.81. The van der Waals surface area contributed by atoms with Crippen LogP contribution in [0.15, 0.2) is 18.2 Å². The smallest absolute Gasteiger partial charge is 0.186 e. The summed E-state index contributed by atoms with van der Waals surface area (Å²) < 4.78 is 10.6. The number of benzene rings is 2. The lowest BCUT2D eigenvalue weighted by molar-refractivity contribution is 0.0963. The molecule has 3 nitrogen and oxygen atoms in total. The second-order valence-electron chi connectivity index (χ2n) is 4.64. The van der Waals surface area contributed by atoms with Crippen molar-refractivity contribution in [2.24, 2.45) is 0 Å². The third-order valence-corrected chi connectivity index (χ3v) is 4.06. The third kappa shape index (κ3) is 1.55. The number of ether oxygens (including phenoxy) is 2. The Morgan fingerprint density at radius 2 is 1.63 bits per heavy atom. The van der Waals surface area contributed by atoms with E-state index in [1.165, 1.54) is 0 Å². The lowest BCUT2D eigenvalue weighted by Gasteiger charge is -2.26. The number of carbonyl (C=O) groups is 1. The van der Waals surface area contributed by atoms with Crippen molar-refractivity contribution in [3.63, 3.8) is 0 Å². The van der Waals surface area contributed by atoms with E-state index in [-0.39, 0.29) is 5.78 Å². The molecule has 0 fully saturated rings. The quantitative estimate of drug-likeness (QED) is 0.786. The molecule has 0 spiro atoms. The lowest BCUT2D eigenvalue weighted by Crippen LogP contribution is -2.23. The average Bonchev–Trinajstić information content (AvgIpc) is 2.45. The second-order valence-corrected chi connectivity index (χ2v) is 5.07. The number of alkyl halides is 1. The van der Waals surface area contributed by atoms with E-state index in [0.29, 0.717) is 17.1 Å². The minimum atomic E-state index is -0.508. The van der Waals surface area contributed by atoms with Crippen LogP contribution in [0.3, 0.4) is 0 Å². The van der Waals surface area contributed by atoms with Crippen LogP contribution in [0, 0.1) is 6.92 Å². The molecular weight excluding hydrogens is 264 g/mol. The van der Waals surface area contributed by atoms with Gasteiger partial charge in [0.05, 0.1) is 14.2 Å². The van der Waals surface area contributed by atoms with Crippen LogP contribution in [0.4, 0.5) is 0 Å². The topological polar surface area (TPSA) is 35.5 Å². The number of ketones is 1. The van der Waals surface area contributed by atoms with E-state index in [1.54, 1.807) is 14.2 Å². The first-order chi connectivity index (χ1) is 9.08. The molecule has 98 valence electrons. The normalized spacial score (nSPS) is 17.1. The standard InChI is InChI=1S/C15H13ClO3/c1-7-4-10-13(15(17)14(10)16)9-6-12(19-3)11(18-2)5-8(7)9/h4-6,14H,1-3H3. The maximum atomic E-state index is 11.9. The Bertz CT molecular complexity index is 706. The highest BCUT2D eigenvalue weighted by Crippen LogP contribution is 2.45. The number of carbonyl (C=O) groups excluding carboxylic acids is 1. The monoisotopic (exact) mass is 276 g/mol. The van der Waals surface area contributed by atoms with Gasteiger partial charge in [-0.25, -0.2) is 0 Å². The van der Waals surface area contributed by atoms with Gasteiger partial charge in [0.1, 0.15) is 5.38 Å². The fourth-order valence-corrected chi connectivity index (χ4v) is 2.90. The van der Waals surface area contributed by atoms with Crippen molar-refractivity contribution in [3.8, 4) is 11.5 Å². The molecule has 0 saturated heterocycles. The predicted octanol–water partition coefficient (Wildman–Crippen LogP) is 3.64. The minimum absolute atomic E-state index is 0.0195. The van der Waals surface area contributed by atoms with Gasteiger partial charge in [0.15, 0.2) is 17.3 Å². The van der Waals surface area contributed by atoms with Crippen molar-refractivity contribution >= 4 is 28.2 Å². The van der Waals surface area contributed by atoms with Crippen LogP contribution in [-0.2, 0) is 0 Å². The molecule has 19 heavy (non-hydrogen) atoms. The molecular formula is C15H13ClO3. The molecule has 1 aliphatic rings. The third-order valence-electron chi connectivity index (χ3n) is 3.63. The first kappa shape index (κ1) is 12.3. The highest BCUT2D eigenvalue weighted by Gasteiger charge is 2.36. The Labute approximate surface area is 116 Å². The van der Waals surface area contributed by atoms with Gasteiger partial charge < -0.3 is 9.47 Å². The van der Waals surface area contributed by atoms with E-state index >= 15 is 0 Å². The van der Waals surface area contributed by atoms with E-state index in [4.69, 9.17) is 21.1 Å². The summed E-state index contributed by atoms with van der Waals surface area (Å²) in [6.45, 7) is 2.00. The van der Waals surface area contributed by atoms with Gasteiger partial charge in [0.25, 0.3) is 0 Å². The fourth-order valence-electron chi connectivity index (χ4n) is 2.62. The molecule has 0 amide bonds. The van der Waals surface area contributed by atoms with Crippen molar-refractivity contribution in [1.29, 1.82) is 0 Å². The van der Waals surface area contributed by atoms with Gasteiger partial charge in [0.2, 0.25) is 0 Å². The molecule has 2 aromatic carbocycles. The Hall–Kier alpha value is -1.74. The summed E-state index contributed by atoms with van der Waals surface area (Å²) in [5.74, 6) is 1.26. The number of fused-ring (bicyclic) bond motifs is 3. The molecule has 0 heterocycles. The molecule has 1 unspecified atom stereocenters. The summed E-state index contributed by atoms with van der Waals surface area (Å²) in [7, 11) is 3.18. The van der Waals surface area contributed by atoms with E-state index < -0.39 is 5.38 Å². The average molecular weight is 277 g/mol. The summed E-state index contributed by atoms with van der Waals surface area (Å²) in [6.07, 6.45) is 0. The molecule has 4 heteroatoms.